The molecule has 4 N–H and O–H groups in total. The van der Waals surface area contributed by atoms with Crippen LogP contribution in [0.15, 0.2) is 24.4 Å². The maximum atomic E-state index is 11.6. The monoisotopic (exact) mass is 233 g/mol. The minimum absolute atomic E-state index is 0.0375. The average molecular weight is 233 g/mol. The van der Waals surface area contributed by atoms with Crippen LogP contribution < -0.4 is 11.5 Å². The number of fused-ring (bicyclic) bond motifs is 1. The Bertz CT molecular complexity index is 616. The highest BCUT2D eigenvalue weighted by Crippen LogP contribution is 2.26. The van der Waals surface area contributed by atoms with Crippen LogP contribution in [-0.4, -0.2) is 23.4 Å². The summed E-state index contributed by atoms with van der Waals surface area (Å²) in [4.78, 5) is 22.9. The highest BCUT2D eigenvalue weighted by atomic mass is 16.5. The first-order valence-corrected chi connectivity index (χ1v) is 4.84. The molecule has 0 saturated carbocycles. The number of carbonyl (C=O) groups excluding carboxylic acids is 2. The normalized spacial score (nSPS) is 10.4. The molecule has 0 saturated heterocycles. The van der Waals surface area contributed by atoms with Gasteiger partial charge < -0.3 is 20.6 Å². The maximum absolute atomic E-state index is 11.6. The molecule has 0 radical (unpaired) electrons. The Labute approximate surface area is 96.8 Å². The molecule has 1 amide bonds. The van der Waals surface area contributed by atoms with Crippen LogP contribution in [-0.2, 0) is 4.74 Å². The third kappa shape index (κ3) is 1.50. The first-order chi connectivity index (χ1) is 8.07. The van der Waals surface area contributed by atoms with Gasteiger partial charge in [-0.1, -0.05) is 6.07 Å². The zero-order valence-electron chi connectivity index (χ0n) is 9.14. The molecule has 2 aromatic rings. The largest absolute Gasteiger partial charge is 0.464 e. The molecular weight excluding hydrogens is 222 g/mol. The van der Waals surface area contributed by atoms with Gasteiger partial charge in [0.25, 0.3) is 5.91 Å². The summed E-state index contributed by atoms with van der Waals surface area (Å²) in [6.07, 6.45) is 1.62. The number of nitrogens with two attached hydrogens (primary N) is 2. The number of aromatic nitrogens is 1. The smallest absolute Gasteiger partial charge is 0.357 e. The van der Waals surface area contributed by atoms with Crippen molar-refractivity contribution < 1.29 is 14.3 Å². The number of nitrogen functional groups attached to an aromatic ring is 1. The summed E-state index contributed by atoms with van der Waals surface area (Å²) in [6, 6.07) is 5.09. The summed E-state index contributed by atoms with van der Waals surface area (Å²) < 4.78 is 6.11. The molecule has 0 unspecified atom stereocenters. The Morgan fingerprint density at radius 1 is 1.35 bits per heavy atom. The Morgan fingerprint density at radius 2 is 2.06 bits per heavy atom. The molecule has 0 spiro atoms. The van der Waals surface area contributed by atoms with E-state index in [2.05, 4.69) is 4.74 Å². The number of amides is 1. The van der Waals surface area contributed by atoms with Crippen LogP contribution in [0.4, 0.5) is 5.69 Å². The van der Waals surface area contributed by atoms with Crippen LogP contribution in [0.2, 0.25) is 0 Å². The highest BCUT2D eigenvalue weighted by Gasteiger charge is 2.24. The van der Waals surface area contributed by atoms with Crippen molar-refractivity contribution in [3.8, 4) is 0 Å². The van der Waals surface area contributed by atoms with E-state index in [-0.39, 0.29) is 16.9 Å². The molecule has 0 atom stereocenters. The van der Waals surface area contributed by atoms with E-state index in [1.807, 2.05) is 0 Å². The molecule has 2 rings (SSSR count). The van der Waals surface area contributed by atoms with Crippen LogP contribution in [0.3, 0.4) is 0 Å². The van der Waals surface area contributed by atoms with E-state index in [9.17, 15) is 9.59 Å². The quantitative estimate of drug-likeness (QED) is 0.733. The number of carbonyl (C=O) groups is 2. The molecule has 0 aromatic carbocycles. The second-order valence-electron chi connectivity index (χ2n) is 3.45. The van der Waals surface area contributed by atoms with Gasteiger partial charge in [0.15, 0.2) is 5.69 Å². The van der Waals surface area contributed by atoms with Gasteiger partial charge in [0.1, 0.15) is 0 Å². The summed E-state index contributed by atoms with van der Waals surface area (Å²) in [6.45, 7) is 0. The predicted molar refractivity (Wildman–Crippen MR) is 61.7 cm³/mol. The number of nitrogens with zero attached hydrogens (tertiary/aromatic N) is 1. The van der Waals surface area contributed by atoms with Crippen LogP contribution >= 0.6 is 0 Å². The molecule has 0 bridgehead atoms. The van der Waals surface area contributed by atoms with E-state index in [1.54, 1.807) is 24.4 Å². The SMILES string of the molecule is COC(=O)c1c(N)c(C(N)=O)c2ccccn12. The Kier molecular flexibility index (Phi) is 2.47. The lowest BCUT2D eigenvalue weighted by Gasteiger charge is -2.00. The van der Waals surface area contributed by atoms with Crippen LogP contribution in [0, 0.1) is 0 Å². The van der Waals surface area contributed by atoms with E-state index >= 15 is 0 Å². The van der Waals surface area contributed by atoms with E-state index in [1.165, 1.54) is 11.5 Å². The van der Waals surface area contributed by atoms with Crippen molar-refractivity contribution >= 4 is 23.1 Å². The number of esters is 1. The van der Waals surface area contributed by atoms with Gasteiger partial charge in [-0.05, 0) is 12.1 Å². The summed E-state index contributed by atoms with van der Waals surface area (Å²) in [5, 5.41) is 0. The van der Waals surface area contributed by atoms with Crippen molar-refractivity contribution in [2.24, 2.45) is 5.73 Å². The molecule has 0 aliphatic heterocycles. The zero-order chi connectivity index (χ0) is 12.6. The van der Waals surface area contributed by atoms with E-state index < -0.39 is 11.9 Å². The first-order valence-electron chi connectivity index (χ1n) is 4.84. The number of primary amides is 1. The zero-order valence-corrected chi connectivity index (χ0v) is 9.14. The lowest BCUT2D eigenvalue weighted by molar-refractivity contribution is 0.0594. The lowest BCUT2D eigenvalue weighted by atomic mass is 10.2. The minimum Gasteiger partial charge on any atom is -0.464 e. The number of anilines is 1. The number of hydrogen-bond acceptors (Lipinski definition) is 4. The summed E-state index contributed by atoms with van der Waals surface area (Å²) in [5.41, 5.74) is 11.8. The van der Waals surface area contributed by atoms with Gasteiger partial charge in [-0.15, -0.1) is 0 Å². The Hall–Kier alpha value is -2.50. The number of hydrogen-bond donors (Lipinski definition) is 2. The maximum Gasteiger partial charge on any atom is 0.357 e. The number of ether oxygens (including phenoxy) is 1. The Morgan fingerprint density at radius 3 is 2.65 bits per heavy atom. The van der Waals surface area contributed by atoms with Crippen LogP contribution in [0.5, 0.6) is 0 Å². The van der Waals surface area contributed by atoms with Crippen molar-refractivity contribution in [1.29, 1.82) is 0 Å². The fraction of sp³-hybridized carbons (Fsp3) is 0.0909. The second-order valence-corrected chi connectivity index (χ2v) is 3.45. The predicted octanol–water partition coefficient (Wildman–Crippen LogP) is 0.407. The molecule has 2 heterocycles. The van der Waals surface area contributed by atoms with Crippen molar-refractivity contribution in [1.82, 2.24) is 4.40 Å². The first kappa shape index (κ1) is 11.0. The van der Waals surface area contributed by atoms with Gasteiger partial charge in [-0.3, -0.25) is 4.79 Å². The molecule has 6 nitrogen and oxygen atoms in total. The third-order valence-corrected chi connectivity index (χ3v) is 2.51. The molecule has 6 heteroatoms. The number of pyridine rings is 1. The number of rotatable bonds is 2. The summed E-state index contributed by atoms with van der Waals surface area (Å²) >= 11 is 0. The van der Waals surface area contributed by atoms with E-state index in [0.29, 0.717) is 5.52 Å². The van der Waals surface area contributed by atoms with Crippen molar-refractivity contribution in [3.63, 3.8) is 0 Å². The summed E-state index contributed by atoms with van der Waals surface area (Å²) in [7, 11) is 1.24. The van der Waals surface area contributed by atoms with Gasteiger partial charge in [0, 0.05) is 6.20 Å². The van der Waals surface area contributed by atoms with Gasteiger partial charge in [0.05, 0.1) is 23.9 Å². The van der Waals surface area contributed by atoms with Gasteiger partial charge in [-0.2, -0.15) is 0 Å². The van der Waals surface area contributed by atoms with E-state index in [0.717, 1.165) is 0 Å². The van der Waals surface area contributed by atoms with Crippen LogP contribution in [0.1, 0.15) is 20.8 Å². The molecule has 88 valence electrons. The lowest BCUT2D eigenvalue weighted by Crippen LogP contribution is -2.13. The Balaban J connectivity index is 2.89. The van der Waals surface area contributed by atoms with Gasteiger partial charge in [-0.25, -0.2) is 4.79 Å². The molecule has 0 fully saturated rings. The van der Waals surface area contributed by atoms with Gasteiger partial charge >= 0.3 is 5.97 Å². The standard InChI is InChI=1S/C11H11N3O3/c1-17-11(16)9-8(12)7(10(13)15)6-4-2-3-5-14(6)9/h2-5H,12H2,1H3,(H2,13,15). The number of methoxy groups -OCH3 is 1. The third-order valence-electron chi connectivity index (χ3n) is 2.51. The fourth-order valence-electron chi connectivity index (χ4n) is 1.79. The second kappa shape index (κ2) is 3.82. The molecule has 0 aliphatic carbocycles. The average Bonchev–Trinajstić information content (AvgIpc) is 2.60. The van der Waals surface area contributed by atoms with Crippen molar-refractivity contribution in [2.45, 2.75) is 0 Å². The minimum atomic E-state index is -0.679. The van der Waals surface area contributed by atoms with Crippen molar-refractivity contribution in [3.05, 3.63) is 35.7 Å². The highest BCUT2D eigenvalue weighted by molar-refractivity contribution is 6.10. The van der Waals surface area contributed by atoms with Crippen molar-refractivity contribution in [2.75, 3.05) is 12.8 Å². The summed E-state index contributed by atoms with van der Waals surface area (Å²) in [5.74, 6) is -1.29. The van der Waals surface area contributed by atoms with E-state index in [4.69, 9.17) is 11.5 Å². The molecular formula is C11H11N3O3. The molecule has 0 aliphatic rings. The topological polar surface area (TPSA) is 99.8 Å². The fourth-order valence-corrected chi connectivity index (χ4v) is 1.79. The van der Waals surface area contributed by atoms with Gasteiger partial charge in [0.2, 0.25) is 0 Å². The molecule has 2 aromatic heterocycles. The molecule has 17 heavy (non-hydrogen) atoms. The van der Waals surface area contributed by atoms with Crippen LogP contribution in [0.25, 0.3) is 5.52 Å².